The summed E-state index contributed by atoms with van der Waals surface area (Å²) in [6.07, 6.45) is 1.86. The number of nitrogens with zero attached hydrogens (tertiary/aromatic N) is 1. The van der Waals surface area contributed by atoms with Crippen LogP contribution in [0.25, 0.3) is 22.6 Å². The zero-order valence-electron chi connectivity index (χ0n) is 14.2. The average Bonchev–Trinajstić information content (AvgIpc) is 3.04. The second kappa shape index (κ2) is 5.67. The van der Waals surface area contributed by atoms with Crippen molar-refractivity contribution in [3.63, 3.8) is 0 Å². The van der Waals surface area contributed by atoms with Crippen molar-refractivity contribution in [2.75, 3.05) is 19.1 Å². The lowest BCUT2D eigenvalue weighted by Gasteiger charge is -2.11. The molecule has 0 saturated carbocycles. The Morgan fingerprint density at radius 2 is 2.00 bits per heavy atom. The molecule has 0 fully saturated rings. The van der Waals surface area contributed by atoms with Crippen LogP contribution < -0.4 is 9.64 Å². The summed E-state index contributed by atoms with van der Waals surface area (Å²) in [7, 11) is 3.42. The van der Waals surface area contributed by atoms with Crippen molar-refractivity contribution in [2.24, 2.45) is 0 Å². The lowest BCUT2D eigenvalue weighted by atomic mass is 10.0. The number of aromatic nitrogens is 1. The second-order valence-electron chi connectivity index (χ2n) is 6.16. The Morgan fingerprint density at radius 3 is 2.76 bits per heavy atom. The molecule has 1 amide bonds. The van der Waals surface area contributed by atoms with Gasteiger partial charge in [0.15, 0.2) is 0 Å². The van der Waals surface area contributed by atoms with Crippen molar-refractivity contribution in [1.29, 1.82) is 0 Å². The number of para-hydroxylation sites is 1. The molecule has 0 bridgehead atoms. The van der Waals surface area contributed by atoms with Crippen LogP contribution in [0.3, 0.4) is 0 Å². The SMILES string of the molecule is COc1cc2c(cc1C)N(C)C(=O)/C2=C/c1c(Cl)[nH]c2ccccc12. The Labute approximate surface area is 150 Å². The molecule has 4 nitrogen and oxygen atoms in total. The van der Waals surface area contributed by atoms with Gasteiger partial charge in [0.1, 0.15) is 10.9 Å². The predicted octanol–water partition coefficient (Wildman–Crippen LogP) is 4.66. The van der Waals surface area contributed by atoms with E-state index in [0.29, 0.717) is 10.7 Å². The number of nitrogens with one attached hydrogen (secondary N) is 1. The summed E-state index contributed by atoms with van der Waals surface area (Å²) in [5.41, 5.74) is 5.11. The van der Waals surface area contributed by atoms with Crippen LogP contribution in [0.2, 0.25) is 5.15 Å². The number of hydrogen-bond acceptors (Lipinski definition) is 2. The molecular weight excluding hydrogens is 336 g/mol. The number of aromatic amines is 1. The minimum Gasteiger partial charge on any atom is -0.496 e. The number of anilines is 1. The van der Waals surface area contributed by atoms with Gasteiger partial charge in [-0.25, -0.2) is 0 Å². The average molecular weight is 353 g/mol. The van der Waals surface area contributed by atoms with E-state index in [2.05, 4.69) is 4.98 Å². The van der Waals surface area contributed by atoms with Gasteiger partial charge in [0.2, 0.25) is 0 Å². The van der Waals surface area contributed by atoms with E-state index in [1.807, 2.05) is 49.4 Å². The number of H-pyrrole nitrogens is 1. The van der Waals surface area contributed by atoms with E-state index < -0.39 is 0 Å². The number of halogens is 1. The Hall–Kier alpha value is -2.72. The van der Waals surface area contributed by atoms with Gasteiger partial charge < -0.3 is 14.6 Å². The third-order valence-electron chi connectivity index (χ3n) is 4.69. The molecule has 3 aromatic rings. The Bertz CT molecular complexity index is 1050. The molecule has 0 radical (unpaired) electrons. The molecule has 1 aliphatic heterocycles. The highest BCUT2D eigenvalue weighted by molar-refractivity contribution is 6.38. The van der Waals surface area contributed by atoms with E-state index in [1.165, 1.54) is 0 Å². The lowest BCUT2D eigenvalue weighted by Crippen LogP contribution is -2.20. The summed E-state index contributed by atoms with van der Waals surface area (Å²) in [4.78, 5) is 17.6. The van der Waals surface area contributed by atoms with Gasteiger partial charge in [0.05, 0.1) is 18.4 Å². The number of methoxy groups -OCH3 is 1. The highest BCUT2D eigenvalue weighted by Gasteiger charge is 2.31. The molecular formula is C20H17ClN2O2. The number of amides is 1. The summed E-state index contributed by atoms with van der Waals surface area (Å²) < 4.78 is 5.43. The second-order valence-corrected chi connectivity index (χ2v) is 6.54. The number of rotatable bonds is 2. The highest BCUT2D eigenvalue weighted by Crippen LogP contribution is 2.41. The molecule has 0 saturated heterocycles. The molecule has 0 aliphatic carbocycles. The van der Waals surface area contributed by atoms with E-state index in [1.54, 1.807) is 19.1 Å². The van der Waals surface area contributed by atoms with Crippen LogP contribution in [0.15, 0.2) is 36.4 Å². The molecule has 1 N–H and O–H groups in total. The summed E-state index contributed by atoms with van der Waals surface area (Å²) in [6.45, 7) is 1.97. The fourth-order valence-electron chi connectivity index (χ4n) is 3.35. The molecule has 1 aliphatic rings. The molecule has 4 rings (SSSR count). The van der Waals surface area contributed by atoms with E-state index >= 15 is 0 Å². The first-order valence-electron chi connectivity index (χ1n) is 7.96. The van der Waals surface area contributed by atoms with Crippen molar-refractivity contribution in [3.05, 3.63) is 58.2 Å². The number of likely N-dealkylation sites (N-methyl/N-ethyl adjacent to an activating group) is 1. The summed E-state index contributed by atoms with van der Waals surface area (Å²) in [5, 5.41) is 1.51. The molecule has 126 valence electrons. The van der Waals surface area contributed by atoms with Gasteiger partial charge in [-0.2, -0.15) is 0 Å². The standard InChI is InChI=1S/C20H17ClN2O2/c1-11-8-17-13(10-18(11)25-3)15(20(24)23(17)2)9-14-12-6-4-5-7-16(12)22-19(14)21/h4-10,22H,1-3H3/b15-9+. The van der Waals surface area contributed by atoms with Gasteiger partial charge in [-0.1, -0.05) is 29.8 Å². The zero-order chi connectivity index (χ0) is 17.7. The Morgan fingerprint density at radius 1 is 1.24 bits per heavy atom. The van der Waals surface area contributed by atoms with Crippen molar-refractivity contribution < 1.29 is 9.53 Å². The third kappa shape index (κ3) is 2.33. The predicted molar refractivity (Wildman–Crippen MR) is 102 cm³/mol. The normalized spacial score (nSPS) is 15.3. The maximum atomic E-state index is 12.8. The summed E-state index contributed by atoms with van der Waals surface area (Å²) >= 11 is 6.39. The quantitative estimate of drug-likeness (QED) is 0.682. The molecule has 2 aromatic carbocycles. The van der Waals surface area contributed by atoms with Crippen molar-refractivity contribution in [3.8, 4) is 5.75 Å². The van der Waals surface area contributed by atoms with Crippen LogP contribution >= 0.6 is 11.6 Å². The maximum absolute atomic E-state index is 12.8. The van der Waals surface area contributed by atoms with Crippen LogP contribution in [-0.2, 0) is 4.79 Å². The largest absolute Gasteiger partial charge is 0.496 e. The molecule has 0 unspecified atom stereocenters. The van der Waals surface area contributed by atoms with Gasteiger partial charge in [0.25, 0.3) is 5.91 Å². The molecule has 0 spiro atoms. The first-order valence-corrected chi connectivity index (χ1v) is 8.34. The Kier molecular flexibility index (Phi) is 3.58. The number of carbonyl (C=O) groups excluding carboxylic acids is 1. The number of carbonyl (C=O) groups is 1. The van der Waals surface area contributed by atoms with Gasteiger partial charge in [-0.05, 0) is 36.8 Å². The van der Waals surface area contributed by atoms with Gasteiger partial charge >= 0.3 is 0 Å². The van der Waals surface area contributed by atoms with E-state index in [4.69, 9.17) is 16.3 Å². The van der Waals surface area contributed by atoms with Crippen molar-refractivity contribution in [2.45, 2.75) is 6.92 Å². The van der Waals surface area contributed by atoms with Crippen LogP contribution in [0, 0.1) is 6.92 Å². The highest BCUT2D eigenvalue weighted by atomic mass is 35.5. The number of fused-ring (bicyclic) bond motifs is 2. The van der Waals surface area contributed by atoms with Gasteiger partial charge in [-0.15, -0.1) is 0 Å². The van der Waals surface area contributed by atoms with E-state index in [-0.39, 0.29) is 5.91 Å². The first-order chi connectivity index (χ1) is 12.0. The zero-order valence-corrected chi connectivity index (χ0v) is 14.9. The molecule has 2 heterocycles. The maximum Gasteiger partial charge on any atom is 0.258 e. The fraction of sp³-hybridized carbons (Fsp3) is 0.150. The number of aryl methyl sites for hydroxylation is 1. The van der Waals surface area contributed by atoms with Gasteiger partial charge in [-0.3, -0.25) is 4.79 Å². The van der Waals surface area contributed by atoms with E-state index in [9.17, 15) is 4.79 Å². The Balaban J connectivity index is 1.96. The molecule has 1 aromatic heterocycles. The van der Waals surface area contributed by atoms with E-state index in [0.717, 1.165) is 39.0 Å². The first kappa shape index (κ1) is 15.8. The van der Waals surface area contributed by atoms with Gasteiger partial charge in [0, 0.05) is 29.1 Å². The molecule has 0 atom stereocenters. The molecule has 5 heteroatoms. The summed E-state index contributed by atoms with van der Waals surface area (Å²) in [5.74, 6) is 0.710. The number of ether oxygens (including phenoxy) is 1. The van der Waals surface area contributed by atoms with Crippen molar-refractivity contribution >= 4 is 45.7 Å². The van der Waals surface area contributed by atoms with Crippen molar-refractivity contribution in [1.82, 2.24) is 4.98 Å². The topological polar surface area (TPSA) is 45.3 Å². The monoisotopic (exact) mass is 352 g/mol. The number of hydrogen-bond donors (Lipinski definition) is 1. The molecule has 25 heavy (non-hydrogen) atoms. The van der Waals surface area contributed by atoms with Crippen LogP contribution in [0.4, 0.5) is 5.69 Å². The summed E-state index contributed by atoms with van der Waals surface area (Å²) in [6, 6.07) is 11.8. The minimum atomic E-state index is -0.0519. The van der Waals surface area contributed by atoms with Crippen LogP contribution in [0.1, 0.15) is 16.7 Å². The number of benzene rings is 2. The van der Waals surface area contributed by atoms with Crippen LogP contribution in [0.5, 0.6) is 5.75 Å². The fourth-order valence-corrected chi connectivity index (χ4v) is 3.61. The third-order valence-corrected chi connectivity index (χ3v) is 4.98. The minimum absolute atomic E-state index is 0.0519. The van der Waals surface area contributed by atoms with Crippen LogP contribution in [-0.4, -0.2) is 25.0 Å². The smallest absolute Gasteiger partial charge is 0.258 e. The lowest BCUT2D eigenvalue weighted by molar-refractivity contribution is -0.112.